The normalized spacial score (nSPS) is 32.5. The van der Waals surface area contributed by atoms with Crippen LogP contribution in [0.3, 0.4) is 0 Å². The predicted octanol–water partition coefficient (Wildman–Crippen LogP) is 2.70. The number of halogens is 1. The van der Waals surface area contributed by atoms with Crippen LogP contribution in [0.2, 0.25) is 0 Å². The topological polar surface area (TPSA) is 40.1 Å². The molecular weight excluding hydrogens is 427 g/mol. The molecule has 3 saturated heterocycles. The fourth-order valence-corrected chi connectivity index (χ4v) is 5.37. The molecule has 0 amide bonds. The van der Waals surface area contributed by atoms with Crippen LogP contribution >= 0.6 is 24.0 Å². The van der Waals surface area contributed by atoms with Crippen LogP contribution in [0.4, 0.5) is 0 Å². The van der Waals surface area contributed by atoms with Gasteiger partial charge in [0, 0.05) is 39.3 Å². The first-order valence-corrected chi connectivity index (χ1v) is 10.1. The van der Waals surface area contributed by atoms with Crippen molar-refractivity contribution in [2.45, 2.75) is 63.5 Å². The van der Waals surface area contributed by atoms with Gasteiger partial charge in [0.15, 0.2) is 5.96 Å². The SMILES string of the molecule is CN=C(NCC1CN2CCCC2CO1)N1CCC2(CCCCC2)C1.I. The molecule has 1 N–H and O–H groups in total. The summed E-state index contributed by atoms with van der Waals surface area (Å²) in [4.78, 5) is 9.67. The Kier molecular flexibility index (Phi) is 6.88. The third-order valence-electron chi connectivity index (χ3n) is 6.81. The molecule has 6 heteroatoms. The second-order valence-electron chi connectivity index (χ2n) is 8.41. The first-order valence-electron chi connectivity index (χ1n) is 10.1. The Hall–Kier alpha value is -0.0800. The number of fused-ring (bicyclic) bond motifs is 1. The van der Waals surface area contributed by atoms with Gasteiger partial charge in [-0.05, 0) is 44.1 Å². The lowest BCUT2D eigenvalue weighted by molar-refractivity contribution is -0.0454. The van der Waals surface area contributed by atoms with E-state index >= 15 is 0 Å². The molecule has 1 aliphatic carbocycles. The Morgan fingerprint density at radius 1 is 1.16 bits per heavy atom. The number of morpholine rings is 1. The highest BCUT2D eigenvalue weighted by Gasteiger charge is 2.40. The van der Waals surface area contributed by atoms with Gasteiger partial charge in [-0.15, -0.1) is 24.0 Å². The van der Waals surface area contributed by atoms with Gasteiger partial charge in [0.2, 0.25) is 0 Å². The third-order valence-corrected chi connectivity index (χ3v) is 6.81. The summed E-state index contributed by atoms with van der Waals surface area (Å²) in [6, 6.07) is 0.685. The van der Waals surface area contributed by atoms with Crippen molar-refractivity contribution in [2.75, 3.05) is 46.4 Å². The Morgan fingerprint density at radius 2 is 2.00 bits per heavy atom. The van der Waals surface area contributed by atoms with Crippen LogP contribution in [0.1, 0.15) is 51.4 Å². The van der Waals surface area contributed by atoms with Gasteiger partial charge < -0.3 is 15.0 Å². The van der Waals surface area contributed by atoms with E-state index in [1.807, 2.05) is 7.05 Å². The van der Waals surface area contributed by atoms with Crippen molar-refractivity contribution < 1.29 is 4.74 Å². The van der Waals surface area contributed by atoms with E-state index in [1.165, 1.54) is 71.0 Å². The zero-order valence-corrected chi connectivity index (χ0v) is 18.0. The van der Waals surface area contributed by atoms with E-state index in [0.717, 1.165) is 25.7 Å². The minimum Gasteiger partial charge on any atom is -0.373 e. The molecule has 4 aliphatic rings. The van der Waals surface area contributed by atoms with E-state index in [9.17, 15) is 0 Å². The van der Waals surface area contributed by atoms with Crippen molar-refractivity contribution in [1.29, 1.82) is 0 Å². The smallest absolute Gasteiger partial charge is 0.193 e. The van der Waals surface area contributed by atoms with Gasteiger partial charge in [-0.1, -0.05) is 19.3 Å². The average molecular weight is 462 g/mol. The number of guanidine groups is 1. The number of aliphatic imine (C=N–C) groups is 1. The number of ether oxygens (including phenoxy) is 1. The Balaban J connectivity index is 0.00000182. The first-order chi connectivity index (χ1) is 11.8. The van der Waals surface area contributed by atoms with Crippen LogP contribution in [-0.2, 0) is 4.74 Å². The molecule has 1 spiro atoms. The van der Waals surface area contributed by atoms with E-state index in [4.69, 9.17) is 4.74 Å². The van der Waals surface area contributed by atoms with Crippen LogP contribution < -0.4 is 5.32 Å². The molecule has 3 aliphatic heterocycles. The molecule has 2 atom stereocenters. The highest BCUT2D eigenvalue weighted by molar-refractivity contribution is 14.0. The standard InChI is InChI=1S/C19H34N4O.HI/c1-20-18(23-11-9-19(15-23)7-3-2-4-8-19)21-12-17-13-22-10-5-6-16(22)14-24-17;/h16-17H,2-15H2,1H3,(H,20,21);1H. The van der Waals surface area contributed by atoms with Crippen LogP contribution in [0.15, 0.2) is 4.99 Å². The number of nitrogens with zero attached hydrogens (tertiary/aromatic N) is 3. The van der Waals surface area contributed by atoms with Crippen molar-refractivity contribution in [2.24, 2.45) is 10.4 Å². The molecule has 4 rings (SSSR count). The summed E-state index contributed by atoms with van der Waals surface area (Å²) >= 11 is 0. The van der Waals surface area contributed by atoms with Gasteiger partial charge in [0.25, 0.3) is 0 Å². The quantitative estimate of drug-likeness (QED) is 0.389. The Bertz CT molecular complexity index is 466. The highest BCUT2D eigenvalue weighted by atomic mass is 127. The molecular formula is C19H35IN4O. The average Bonchev–Trinajstić information content (AvgIpc) is 3.23. The molecule has 25 heavy (non-hydrogen) atoms. The van der Waals surface area contributed by atoms with E-state index in [0.29, 0.717) is 17.6 Å². The minimum absolute atomic E-state index is 0. The zero-order chi connectivity index (χ0) is 16.4. The van der Waals surface area contributed by atoms with Crippen molar-refractivity contribution in [3.63, 3.8) is 0 Å². The molecule has 3 heterocycles. The largest absolute Gasteiger partial charge is 0.373 e. The maximum atomic E-state index is 6.08. The zero-order valence-electron chi connectivity index (χ0n) is 15.7. The van der Waals surface area contributed by atoms with Crippen molar-refractivity contribution in [1.82, 2.24) is 15.1 Å². The summed E-state index contributed by atoms with van der Waals surface area (Å²) in [5.41, 5.74) is 0.583. The van der Waals surface area contributed by atoms with Crippen molar-refractivity contribution in [3.8, 4) is 0 Å². The number of hydrogen-bond acceptors (Lipinski definition) is 3. The van der Waals surface area contributed by atoms with Crippen LogP contribution in [0, 0.1) is 5.41 Å². The van der Waals surface area contributed by atoms with E-state index in [1.54, 1.807) is 0 Å². The second-order valence-corrected chi connectivity index (χ2v) is 8.41. The van der Waals surface area contributed by atoms with Gasteiger partial charge in [0.1, 0.15) is 0 Å². The predicted molar refractivity (Wildman–Crippen MR) is 113 cm³/mol. The van der Waals surface area contributed by atoms with Gasteiger partial charge >= 0.3 is 0 Å². The lowest BCUT2D eigenvalue weighted by Crippen LogP contribution is -2.52. The summed E-state index contributed by atoms with van der Waals surface area (Å²) < 4.78 is 6.08. The van der Waals surface area contributed by atoms with Gasteiger partial charge in [0.05, 0.1) is 12.7 Å². The maximum absolute atomic E-state index is 6.08. The van der Waals surface area contributed by atoms with Crippen molar-refractivity contribution >= 4 is 29.9 Å². The molecule has 0 aromatic rings. The van der Waals surface area contributed by atoms with Gasteiger partial charge in [-0.25, -0.2) is 0 Å². The molecule has 0 bridgehead atoms. The molecule has 0 radical (unpaired) electrons. The van der Waals surface area contributed by atoms with E-state index in [2.05, 4.69) is 20.1 Å². The fourth-order valence-electron chi connectivity index (χ4n) is 5.37. The number of rotatable bonds is 2. The molecule has 5 nitrogen and oxygen atoms in total. The third kappa shape index (κ3) is 4.43. The van der Waals surface area contributed by atoms with Crippen LogP contribution in [-0.4, -0.2) is 74.3 Å². The lowest BCUT2D eigenvalue weighted by atomic mass is 9.73. The number of hydrogen-bond donors (Lipinski definition) is 1. The highest BCUT2D eigenvalue weighted by Crippen LogP contribution is 2.43. The molecule has 144 valence electrons. The van der Waals surface area contributed by atoms with Crippen molar-refractivity contribution in [3.05, 3.63) is 0 Å². The number of nitrogens with one attached hydrogen (secondary N) is 1. The van der Waals surface area contributed by atoms with Gasteiger partial charge in [-0.2, -0.15) is 0 Å². The van der Waals surface area contributed by atoms with Crippen LogP contribution in [0.5, 0.6) is 0 Å². The monoisotopic (exact) mass is 462 g/mol. The Labute approximate surface area is 170 Å². The molecule has 1 saturated carbocycles. The summed E-state index contributed by atoms with van der Waals surface area (Å²) in [6.45, 7) is 6.51. The Morgan fingerprint density at radius 3 is 2.80 bits per heavy atom. The van der Waals surface area contributed by atoms with E-state index in [-0.39, 0.29) is 24.0 Å². The van der Waals surface area contributed by atoms with Gasteiger partial charge in [-0.3, -0.25) is 9.89 Å². The van der Waals surface area contributed by atoms with E-state index < -0.39 is 0 Å². The number of likely N-dealkylation sites (tertiary alicyclic amines) is 1. The summed E-state index contributed by atoms with van der Waals surface area (Å²) in [7, 11) is 1.92. The maximum Gasteiger partial charge on any atom is 0.193 e. The van der Waals surface area contributed by atoms with Crippen LogP contribution in [0.25, 0.3) is 0 Å². The fraction of sp³-hybridized carbons (Fsp3) is 0.947. The minimum atomic E-state index is 0. The second kappa shape index (κ2) is 8.74. The summed E-state index contributed by atoms with van der Waals surface area (Å²) in [6.07, 6.45) is 11.4. The molecule has 0 aromatic heterocycles. The molecule has 4 fully saturated rings. The first kappa shape index (κ1) is 19.7. The lowest BCUT2D eigenvalue weighted by Gasteiger charge is -2.36. The summed E-state index contributed by atoms with van der Waals surface area (Å²) in [5, 5.41) is 3.61. The molecule has 2 unspecified atom stereocenters. The summed E-state index contributed by atoms with van der Waals surface area (Å²) in [5.74, 6) is 1.09. The molecule has 0 aromatic carbocycles.